The summed E-state index contributed by atoms with van der Waals surface area (Å²) < 4.78 is 0. The lowest BCUT2D eigenvalue weighted by Crippen LogP contribution is -2.24. The predicted molar refractivity (Wildman–Crippen MR) is 73.6 cm³/mol. The molecule has 2 rings (SSSR count). The molecule has 0 spiro atoms. The van der Waals surface area contributed by atoms with Crippen LogP contribution in [-0.4, -0.2) is 27.4 Å². The molecule has 1 aromatic carbocycles. The molecule has 19 heavy (non-hydrogen) atoms. The van der Waals surface area contributed by atoms with Crippen LogP contribution in [0.15, 0.2) is 18.2 Å². The van der Waals surface area contributed by atoms with Crippen molar-refractivity contribution in [3.8, 4) is 5.69 Å². The van der Waals surface area contributed by atoms with Gasteiger partial charge in [0.25, 0.3) is 5.91 Å². The molecule has 2 aromatic rings. The normalized spacial score (nSPS) is 10.5. The third kappa shape index (κ3) is 2.65. The lowest BCUT2D eigenvalue weighted by Gasteiger charge is -2.04. The van der Waals surface area contributed by atoms with Gasteiger partial charge in [0.2, 0.25) is 0 Å². The van der Waals surface area contributed by atoms with Gasteiger partial charge in [-0.05, 0) is 39.3 Å². The van der Waals surface area contributed by atoms with Crippen LogP contribution in [-0.2, 0) is 0 Å². The maximum absolute atomic E-state index is 11.8. The Morgan fingerprint density at radius 1 is 1.26 bits per heavy atom. The molecule has 5 heteroatoms. The minimum Gasteiger partial charge on any atom is -0.351 e. The standard InChI is InChI=1S/C14H18N4O/c1-5-15-14(19)13-11(4)16-18(17-13)12-7-6-9(2)8-10(12)3/h6-8H,5H2,1-4H3,(H,15,19). The number of benzene rings is 1. The molecule has 0 bridgehead atoms. The zero-order valence-corrected chi connectivity index (χ0v) is 11.7. The van der Waals surface area contributed by atoms with Gasteiger partial charge in [-0.1, -0.05) is 17.7 Å². The molecule has 0 aliphatic rings. The van der Waals surface area contributed by atoms with Crippen LogP contribution in [0, 0.1) is 20.8 Å². The van der Waals surface area contributed by atoms with Crippen LogP contribution < -0.4 is 5.32 Å². The summed E-state index contributed by atoms with van der Waals surface area (Å²) in [5.74, 6) is -0.184. The van der Waals surface area contributed by atoms with Crippen molar-refractivity contribution in [3.63, 3.8) is 0 Å². The van der Waals surface area contributed by atoms with E-state index in [9.17, 15) is 4.79 Å². The molecule has 0 atom stereocenters. The summed E-state index contributed by atoms with van der Waals surface area (Å²) in [6, 6.07) is 6.04. The lowest BCUT2D eigenvalue weighted by molar-refractivity contribution is 0.0950. The van der Waals surface area contributed by atoms with Crippen molar-refractivity contribution in [2.45, 2.75) is 27.7 Å². The second-order valence-corrected chi connectivity index (χ2v) is 4.57. The maximum Gasteiger partial charge on any atom is 0.273 e. The van der Waals surface area contributed by atoms with Crippen molar-refractivity contribution in [3.05, 3.63) is 40.7 Å². The summed E-state index contributed by atoms with van der Waals surface area (Å²) in [5, 5.41) is 11.3. The van der Waals surface area contributed by atoms with E-state index in [1.54, 1.807) is 6.92 Å². The fraction of sp³-hybridized carbons (Fsp3) is 0.357. The molecule has 1 aromatic heterocycles. The fourth-order valence-electron chi connectivity index (χ4n) is 1.97. The number of carbonyl (C=O) groups is 1. The van der Waals surface area contributed by atoms with E-state index in [0.29, 0.717) is 17.9 Å². The largest absolute Gasteiger partial charge is 0.351 e. The zero-order valence-electron chi connectivity index (χ0n) is 11.7. The zero-order chi connectivity index (χ0) is 14.0. The van der Waals surface area contributed by atoms with Crippen LogP contribution in [0.5, 0.6) is 0 Å². The Labute approximate surface area is 112 Å². The van der Waals surface area contributed by atoms with Crippen LogP contribution in [0.2, 0.25) is 0 Å². The van der Waals surface area contributed by atoms with Gasteiger partial charge in [-0.15, -0.1) is 5.10 Å². The maximum atomic E-state index is 11.8. The van der Waals surface area contributed by atoms with Gasteiger partial charge in [0.15, 0.2) is 5.69 Å². The van der Waals surface area contributed by atoms with Gasteiger partial charge in [0.05, 0.1) is 11.4 Å². The molecule has 0 radical (unpaired) electrons. The number of aryl methyl sites for hydroxylation is 3. The average molecular weight is 258 g/mol. The van der Waals surface area contributed by atoms with Gasteiger partial charge in [-0.2, -0.15) is 9.90 Å². The first-order valence-electron chi connectivity index (χ1n) is 6.32. The Morgan fingerprint density at radius 3 is 2.63 bits per heavy atom. The molecule has 100 valence electrons. The van der Waals surface area contributed by atoms with Gasteiger partial charge >= 0.3 is 0 Å². The first-order chi connectivity index (χ1) is 9.02. The SMILES string of the molecule is CCNC(=O)c1nn(-c2ccc(C)cc2C)nc1C. The first-order valence-corrected chi connectivity index (χ1v) is 6.32. The van der Waals surface area contributed by atoms with E-state index in [2.05, 4.69) is 21.6 Å². The van der Waals surface area contributed by atoms with Crippen molar-refractivity contribution in [2.24, 2.45) is 0 Å². The summed E-state index contributed by atoms with van der Waals surface area (Å²) in [5.41, 5.74) is 4.17. The molecular formula is C14H18N4O. The third-order valence-electron chi connectivity index (χ3n) is 2.90. The Kier molecular flexibility index (Phi) is 3.64. The minimum atomic E-state index is -0.184. The minimum absolute atomic E-state index is 0.184. The highest BCUT2D eigenvalue weighted by molar-refractivity contribution is 5.93. The lowest BCUT2D eigenvalue weighted by atomic mass is 10.1. The van der Waals surface area contributed by atoms with Crippen LogP contribution in [0.4, 0.5) is 0 Å². The highest BCUT2D eigenvalue weighted by atomic mass is 16.2. The number of carbonyl (C=O) groups excluding carboxylic acids is 1. The molecule has 0 aliphatic heterocycles. The van der Waals surface area contributed by atoms with Crippen LogP contribution in [0.3, 0.4) is 0 Å². The number of nitrogens with zero attached hydrogens (tertiary/aromatic N) is 3. The quantitative estimate of drug-likeness (QED) is 0.915. The Morgan fingerprint density at radius 2 is 2.00 bits per heavy atom. The summed E-state index contributed by atoms with van der Waals surface area (Å²) in [6.07, 6.45) is 0. The van der Waals surface area contributed by atoms with E-state index < -0.39 is 0 Å². The second kappa shape index (κ2) is 5.22. The van der Waals surface area contributed by atoms with Gasteiger partial charge in [0, 0.05) is 6.54 Å². The van der Waals surface area contributed by atoms with Gasteiger partial charge in [0.1, 0.15) is 0 Å². The number of hydrogen-bond acceptors (Lipinski definition) is 3. The van der Waals surface area contributed by atoms with Crippen LogP contribution >= 0.6 is 0 Å². The number of hydrogen-bond donors (Lipinski definition) is 1. The van der Waals surface area contributed by atoms with E-state index >= 15 is 0 Å². The summed E-state index contributed by atoms with van der Waals surface area (Å²) in [4.78, 5) is 13.3. The van der Waals surface area contributed by atoms with Crippen molar-refractivity contribution >= 4 is 5.91 Å². The summed E-state index contributed by atoms with van der Waals surface area (Å²) in [6.45, 7) is 8.29. The highest BCUT2D eigenvalue weighted by Gasteiger charge is 2.16. The molecule has 0 saturated carbocycles. The van der Waals surface area contributed by atoms with Crippen molar-refractivity contribution in [1.82, 2.24) is 20.3 Å². The number of amides is 1. The molecule has 1 heterocycles. The summed E-state index contributed by atoms with van der Waals surface area (Å²) in [7, 11) is 0. The molecule has 5 nitrogen and oxygen atoms in total. The number of nitrogens with one attached hydrogen (secondary N) is 1. The average Bonchev–Trinajstić information content (AvgIpc) is 2.71. The molecular weight excluding hydrogens is 240 g/mol. The highest BCUT2D eigenvalue weighted by Crippen LogP contribution is 2.15. The topological polar surface area (TPSA) is 59.8 Å². The first kappa shape index (κ1) is 13.3. The molecule has 1 N–H and O–H groups in total. The Balaban J connectivity index is 2.42. The molecule has 0 aliphatic carbocycles. The smallest absolute Gasteiger partial charge is 0.273 e. The van der Waals surface area contributed by atoms with Gasteiger partial charge in [-0.25, -0.2) is 0 Å². The Hall–Kier alpha value is -2.17. The van der Waals surface area contributed by atoms with E-state index in [0.717, 1.165) is 11.3 Å². The molecule has 1 amide bonds. The molecule has 0 saturated heterocycles. The van der Waals surface area contributed by atoms with Gasteiger partial charge < -0.3 is 5.32 Å². The summed E-state index contributed by atoms with van der Waals surface area (Å²) >= 11 is 0. The van der Waals surface area contributed by atoms with E-state index in [4.69, 9.17) is 0 Å². The predicted octanol–water partition coefficient (Wildman–Crippen LogP) is 1.94. The second-order valence-electron chi connectivity index (χ2n) is 4.57. The van der Waals surface area contributed by atoms with E-state index in [1.165, 1.54) is 10.4 Å². The van der Waals surface area contributed by atoms with Crippen molar-refractivity contribution in [1.29, 1.82) is 0 Å². The van der Waals surface area contributed by atoms with Crippen molar-refractivity contribution in [2.75, 3.05) is 6.54 Å². The third-order valence-corrected chi connectivity index (χ3v) is 2.90. The van der Waals surface area contributed by atoms with Crippen LogP contribution in [0.25, 0.3) is 5.69 Å². The van der Waals surface area contributed by atoms with E-state index in [1.807, 2.05) is 32.9 Å². The fourth-order valence-corrected chi connectivity index (χ4v) is 1.97. The molecule has 0 fully saturated rings. The number of aromatic nitrogens is 3. The van der Waals surface area contributed by atoms with E-state index in [-0.39, 0.29) is 5.91 Å². The van der Waals surface area contributed by atoms with Crippen molar-refractivity contribution < 1.29 is 4.79 Å². The monoisotopic (exact) mass is 258 g/mol. The van der Waals surface area contributed by atoms with Gasteiger partial charge in [-0.3, -0.25) is 4.79 Å². The number of rotatable bonds is 3. The Bertz CT molecular complexity index is 616. The molecule has 0 unspecified atom stereocenters. The van der Waals surface area contributed by atoms with Crippen LogP contribution in [0.1, 0.15) is 34.2 Å².